The first-order valence-electron chi connectivity index (χ1n) is 2.43. The van der Waals surface area contributed by atoms with E-state index in [1.807, 2.05) is 0 Å². The molecule has 46 valence electrons. The number of carbonyl (C=O) groups is 1. The molecule has 1 rings (SSSR count). The summed E-state index contributed by atoms with van der Waals surface area (Å²) in [5.41, 5.74) is 7.44. The van der Waals surface area contributed by atoms with E-state index in [1.54, 1.807) is 6.92 Å². The molecule has 4 nitrogen and oxygen atoms in total. The molecule has 0 radical (unpaired) electrons. The first-order chi connectivity index (χ1) is 3.72. The van der Waals surface area contributed by atoms with Crippen molar-refractivity contribution in [2.75, 3.05) is 0 Å². The molecular formula is C4H8N2O2. The highest BCUT2D eigenvalue weighted by atomic mass is 16.7. The molecule has 0 aromatic rings. The molecule has 0 bridgehead atoms. The highest BCUT2D eigenvalue weighted by Crippen LogP contribution is 2.00. The Hall–Kier alpha value is -0.610. The van der Waals surface area contributed by atoms with Gasteiger partial charge in [0.15, 0.2) is 0 Å². The maximum absolute atomic E-state index is 10.4. The molecule has 0 aromatic heterocycles. The topological polar surface area (TPSA) is 64.3 Å². The van der Waals surface area contributed by atoms with Crippen molar-refractivity contribution in [2.24, 2.45) is 5.73 Å². The van der Waals surface area contributed by atoms with E-state index in [2.05, 4.69) is 10.3 Å². The Labute approximate surface area is 46.9 Å². The third kappa shape index (κ3) is 0.677. The minimum atomic E-state index is -0.491. The van der Waals surface area contributed by atoms with Gasteiger partial charge in [0, 0.05) is 0 Å². The summed E-state index contributed by atoms with van der Waals surface area (Å²) in [6.07, 6.45) is -0.192. The van der Waals surface area contributed by atoms with E-state index in [-0.39, 0.29) is 12.0 Å². The van der Waals surface area contributed by atoms with E-state index < -0.39 is 6.04 Å². The van der Waals surface area contributed by atoms with Crippen molar-refractivity contribution in [2.45, 2.75) is 19.1 Å². The zero-order chi connectivity index (χ0) is 6.15. The molecule has 4 heteroatoms. The lowest BCUT2D eigenvalue weighted by atomic mass is 10.2. The van der Waals surface area contributed by atoms with Crippen LogP contribution in [0, 0.1) is 0 Å². The molecule has 1 saturated heterocycles. The summed E-state index contributed by atoms with van der Waals surface area (Å²) >= 11 is 0. The predicted molar refractivity (Wildman–Crippen MR) is 26.7 cm³/mol. The summed E-state index contributed by atoms with van der Waals surface area (Å²) in [6.45, 7) is 1.74. The SMILES string of the molecule is C[C@H]1ONC(=O)[C@H]1N. The molecule has 1 aliphatic rings. The Morgan fingerprint density at radius 1 is 1.88 bits per heavy atom. The lowest BCUT2D eigenvalue weighted by molar-refractivity contribution is -0.124. The molecule has 0 saturated carbocycles. The van der Waals surface area contributed by atoms with E-state index in [0.29, 0.717) is 0 Å². The molecule has 1 aliphatic heterocycles. The van der Waals surface area contributed by atoms with E-state index in [4.69, 9.17) is 5.73 Å². The van der Waals surface area contributed by atoms with Gasteiger partial charge in [-0.15, -0.1) is 0 Å². The number of amides is 1. The van der Waals surface area contributed by atoms with Crippen LogP contribution < -0.4 is 11.2 Å². The molecule has 1 fully saturated rings. The van der Waals surface area contributed by atoms with Gasteiger partial charge in [0.1, 0.15) is 12.1 Å². The fourth-order valence-corrected chi connectivity index (χ4v) is 0.506. The fraction of sp³-hybridized carbons (Fsp3) is 0.750. The molecule has 2 atom stereocenters. The maximum Gasteiger partial charge on any atom is 0.263 e. The summed E-state index contributed by atoms with van der Waals surface area (Å²) in [7, 11) is 0. The van der Waals surface area contributed by atoms with Crippen LogP contribution in [0.1, 0.15) is 6.92 Å². The lowest BCUT2D eigenvalue weighted by Gasteiger charge is -1.99. The van der Waals surface area contributed by atoms with Crippen LogP contribution in [-0.4, -0.2) is 18.1 Å². The van der Waals surface area contributed by atoms with Gasteiger partial charge >= 0.3 is 0 Å². The monoisotopic (exact) mass is 116 g/mol. The maximum atomic E-state index is 10.4. The van der Waals surface area contributed by atoms with Crippen LogP contribution in [0.4, 0.5) is 0 Å². The Morgan fingerprint density at radius 3 is 2.62 bits per heavy atom. The quantitative estimate of drug-likeness (QED) is 0.416. The zero-order valence-electron chi connectivity index (χ0n) is 4.55. The normalized spacial score (nSPS) is 37.5. The molecule has 0 spiro atoms. The molecule has 1 heterocycles. The summed E-state index contributed by atoms with van der Waals surface area (Å²) < 4.78 is 0. The largest absolute Gasteiger partial charge is 0.318 e. The fourth-order valence-electron chi connectivity index (χ4n) is 0.506. The second kappa shape index (κ2) is 1.72. The molecule has 0 aliphatic carbocycles. The number of carbonyl (C=O) groups excluding carboxylic acids is 1. The van der Waals surface area contributed by atoms with Crippen molar-refractivity contribution >= 4 is 5.91 Å². The van der Waals surface area contributed by atoms with Gasteiger partial charge in [-0.2, -0.15) is 0 Å². The van der Waals surface area contributed by atoms with Gasteiger partial charge < -0.3 is 5.73 Å². The van der Waals surface area contributed by atoms with E-state index in [0.717, 1.165) is 0 Å². The van der Waals surface area contributed by atoms with Crippen LogP contribution in [-0.2, 0) is 9.63 Å². The van der Waals surface area contributed by atoms with Gasteiger partial charge in [0.2, 0.25) is 0 Å². The van der Waals surface area contributed by atoms with Crippen LogP contribution in [0.15, 0.2) is 0 Å². The average Bonchev–Trinajstić information content (AvgIpc) is 1.98. The van der Waals surface area contributed by atoms with Crippen molar-refractivity contribution in [3.63, 3.8) is 0 Å². The number of nitrogens with one attached hydrogen (secondary N) is 1. The van der Waals surface area contributed by atoms with Gasteiger partial charge in [-0.3, -0.25) is 9.63 Å². The smallest absolute Gasteiger partial charge is 0.263 e. The Kier molecular flexibility index (Phi) is 1.19. The van der Waals surface area contributed by atoms with Crippen LogP contribution in [0.3, 0.4) is 0 Å². The van der Waals surface area contributed by atoms with Crippen molar-refractivity contribution in [3.05, 3.63) is 0 Å². The summed E-state index contributed by atoms with van der Waals surface area (Å²) in [5.74, 6) is -0.238. The predicted octanol–water partition coefficient (Wildman–Crippen LogP) is -1.24. The first-order valence-corrected chi connectivity index (χ1v) is 2.43. The number of rotatable bonds is 0. The zero-order valence-corrected chi connectivity index (χ0v) is 4.55. The Morgan fingerprint density at radius 2 is 2.50 bits per heavy atom. The second-order valence-electron chi connectivity index (χ2n) is 1.82. The van der Waals surface area contributed by atoms with Crippen LogP contribution in [0.25, 0.3) is 0 Å². The highest BCUT2D eigenvalue weighted by molar-refractivity contribution is 5.82. The van der Waals surface area contributed by atoms with Crippen molar-refractivity contribution in [1.82, 2.24) is 5.48 Å². The van der Waals surface area contributed by atoms with Crippen LogP contribution in [0.2, 0.25) is 0 Å². The van der Waals surface area contributed by atoms with Crippen molar-refractivity contribution in [1.29, 1.82) is 0 Å². The minimum Gasteiger partial charge on any atom is -0.318 e. The Bertz CT molecular complexity index is 115. The van der Waals surface area contributed by atoms with Gasteiger partial charge in [-0.05, 0) is 6.92 Å². The van der Waals surface area contributed by atoms with Gasteiger partial charge in [0.25, 0.3) is 5.91 Å². The van der Waals surface area contributed by atoms with E-state index >= 15 is 0 Å². The Balaban J connectivity index is 2.56. The summed E-state index contributed by atoms with van der Waals surface area (Å²) in [4.78, 5) is 15.1. The number of hydroxylamine groups is 1. The van der Waals surface area contributed by atoms with Crippen molar-refractivity contribution < 1.29 is 9.63 Å². The average molecular weight is 116 g/mol. The third-order valence-corrected chi connectivity index (χ3v) is 1.15. The van der Waals surface area contributed by atoms with Gasteiger partial charge in [-0.25, -0.2) is 5.48 Å². The first kappa shape index (κ1) is 5.53. The van der Waals surface area contributed by atoms with Crippen LogP contribution >= 0.6 is 0 Å². The number of nitrogens with two attached hydrogens (primary N) is 1. The number of hydrogen-bond donors (Lipinski definition) is 2. The standard InChI is InChI=1S/C4H8N2O2/c1-2-3(5)4(7)6-8-2/h2-3H,5H2,1H3,(H,6,7)/t2-,3+/m1/s1. The second-order valence-corrected chi connectivity index (χ2v) is 1.82. The van der Waals surface area contributed by atoms with Crippen molar-refractivity contribution in [3.8, 4) is 0 Å². The highest BCUT2D eigenvalue weighted by Gasteiger charge is 2.28. The molecule has 0 aromatic carbocycles. The lowest BCUT2D eigenvalue weighted by Crippen LogP contribution is -2.35. The third-order valence-electron chi connectivity index (χ3n) is 1.15. The number of hydrogen-bond acceptors (Lipinski definition) is 3. The van der Waals surface area contributed by atoms with Gasteiger partial charge in [-0.1, -0.05) is 0 Å². The molecule has 8 heavy (non-hydrogen) atoms. The van der Waals surface area contributed by atoms with E-state index in [1.165, 1.54) is 0 Å². The van der Waals surface area contributed by atoms with Crippen LogP contribution in [0.5, 0.6) is 0 Å². The molecule has 0 unspecified atom stereocenters. The molecule has 1 amide bonds. The molecule has 3 N–H and O–H groups in total. The minimum absolute atomic E-state index is 0.192. The summed E-state index contributed by atoms with van der Waals surface area (Å²) in [6, 6.07) is -0.491. The van der Waals surface area contributed by atoms with E-state index in [9.17, 15) is 4.79 Å². The summed E-state index contributed by atoms with van der Waals surface area (Å²) in [5, 5.41) is 0. The van der Waals surface area contributed by atoms with Gasteiger partial charge in [0.05, 0.1) is 0 Å². The molecular weight excluding hydrogens is 108 g/mol.